The molecule has 0 unspecified atom stereocenters. The standard InChI is InChI=1S/C14H14O/c1-2-5-11-6-3-9-14-12(10-15)7-4-8-13(11)14/h3-4,6-10H,2,5H2,1H3. The van der Waals surface area contributed by atoms with E-state index in [1.807, 2.05) is 24.3 Å². The van der Waals surface area contributed by atoms with Gasteiger partial charge in [0.15, 0.2) is 6.29 Å². The first-order chi connectivity index (χ1) is 7.36. The lowest BCUT2D eigenvalue weighted by molar-refractivity contribution is 0.112. The second-order valence-electron chi connectivity index (χ2n) is 3.73. The maximum atomic E-state index is 10.9. The van der Waals surface area contributed by atoms with Crippen LogP contribution in [0.5, 0.6) is 0 Å². The van der Waals surface area contributed by atoms with Gasteiger partial charge < -0.3 is 0 Å². The Kier molecular flexibility index (Phi) is 2.82. The topological polar surface area (TPSA) is 17.1 Å². The van der Waals surface area contributed by atoms with Crippen molar-refractivity contribution in [1.82, 2.24) is 0 Å². The first-order valence-electron chi connectivity index (χ1n) is 5.32. The highest BCUT2D eigenvalue weighted by atomic mass is 16.1. The van der Waals surface area contributed by atoms with Crippen LogP contribution in [0.25, 0.3) is 10.8 Å². The minimum absolute atomic E-state index is 0.783. The number of carbonyl (C=O) groups excluding carboxylic acids is 1. The molecule has 76 valence electrons. The third kappa shape index (κ3) is 1.78. The molecule has 0 bridgehead atoms. The lowest BCUT2D eigenvalue weighted by atomic mass is 9.98. The molecule has 2 aromatic carbocycles. The van der Waals surface area contributed by atoms with Crippen LogP contribution < -0.4 is 0 Å². The summed E-state index contributed by atoms with van der Waals surface area (Å²) in [5, 5.41) is 2.28. The predicted octanol–water partition coefficient (Wildman–Crippen LogP) is 3.60. The van der Waals surface area contributed by atoms with Crippen molar-refractivity contribution in [1.29, 1.82) is 0 Å². The summed E-state index contributed by atoms with van der Waals surface area (Å²) < 4.78 is 0. The third-order valence-corrected chi connectivity index (χ3v) is 2.69. The zero-order valence-electron chi connectivity index (χ0n) is 8.86. The maximum absolute atomic E-state index is 10.9. The van der Waals surface area contributed by atoms with E-state index < -0.39 is 0 Å². The van der Waals surface area contributed by atoms with Gasteiger partial charge in [-0.15, -0.1) is 0 Å². The van der Waals surface area contributed by atoms with Gasteiger partial charge in [-0.3, -0.25) is 4.79 Å². The van der Waals surface area contributed by atoms with Crippen molar-refractivity contribution < 1.29 is 4.79 Å². The number of fused-ring (bicyclic) bond motifs is 1. The van der Waals surface area contributed by atoms with Crippen LogP contribution in [0.4, 0.5) is 0 Å². The smallest absolute Gasteiger partial charge is 0.150 e. The van der Waals surface area contributed by atoms with Gasteiger partial charge in [0.1, 0.15) is 0 Å². The van der Waals surface area contributed by atoms with Crippen LogP contribution in [-0.2, 0) is 6.42 Å². The van der Waals surface area contributed by atoms with Crippen molar-refractivity contribution in [3.63, 3.8) is 0 Å². The molecule has 2 rings (SSSR count). The third-order valence-electron chi connectivity index (χ3n) is 2.69. The van der Waals surface area contributed by atoms with E-state index in [9.17, 15) is 4.79 Å². The molecule has 0 radical (unpaired) electrons. The van der Waals surface area contributed by atoms with Crippen LogP contribution >= 0.6 is 0 Å². The summed E-state index contributed by atoms with van der Waals surface area (Å²) in [4.78, 5) is 10.9. The largest absolute Gasteiger partial charge is 0.298 e. The Bertz CT molecular complexity index is 486. The molecule has 0 amide bonds. The van der Waals surface area contributed by atoms with E-state index in [2.05, 4.69) is 19.1 Å². The van der Waals surface area contributed by atoms with Gasteiger partial charge in [0.2, 0.25) is 0 Å². The molecule has 0 N–H and O–H groups in total. The second kappa shape index (κ2) is 4.26. The highest BCUT2D eigenvalue weighted by Crippen LogP contribution is 2.22. The minimum atomic E-state index is 0.783. The van der Waals surface area contributed by atoms with Gasteiger partial charge >= 0.3 is 0 Å². The van der Waals surface area contributed by atoms with Crippen molar-refractivity contribution in [2.45, 2.75) is 19.8 Å². The molecule has 0 aliphatic heterocycles. The van der Waals surface area contributed by atoms with E-state index in [0.29, 0.717) is 0 Å². The molecule has 0 fully saturated rings. The average molecular weight is 198 g/mol. The Labute approximate surface area is 89.7 Å². The van der Waals surface area contributed by atoms with Gasteiger partial charge in [0.05, 0.1) is 0 Å². The van der Waals surface area contributed by atoms with Crippen molar-refractivity contribution in [2.24, 2.45) is 0 Å². The highest BCUT2D eigenvalue weighted by Gasteiger charge is 2.02. The van der Waals surface area contributed by atoms with Crippen molar-refractivity contribution in [2.75, 3.05) is 0 Å². The van der Waals surface area contributed by atoms with Crippen molar-refractivity contribution >= 4 is 17.1 Å². The lowest BCUT2D eigenvalue weighted by Gasteiger charge is -2.06. The molecule has 0 aliphatic carbocycles. The van der Waals surface area contributed by atoms with Crippen LogP contribution in [-0.4, -0.2) is 6.29 Å². The van der Waals surface area contributed by atoms with Gasteiger partial charge in [-0.05, 0) is 22.8 Å². The summed E-state index contributed by atoms with van der Waals surface area (Å²) in [5.74, 6) is 0. The van der Waals surface area contributed by atoms with Crippen LogP contribution in [0.1, 0.15) is 29.3 Å². The molecule has 15 heavy (non-hydrogen) atoms. The molecule has 0 saturated heterocycles. The van der Waals surface area contributed by atoms with Crippen LogP contribution in [0, 0.1) is 0 Å². The molecule has 1 nitrogen and oxygen atoms in total. The first kappa shape index (κ1) is 9.91. The molecule has 0 saturated carbocycles. The normalized spacial score (nSPS) is 10.5. The van der Waals surface area contributed by atoms with Crippen LogP contribution in [0.3, 0.4) is 0 Å². The fourth-order valence-electron chi connectivity index (χ4n) is 1.99. The molecular weight excluding hydrogens is 184 g/mol. The van der Waals surface area contributed by atoms with Crippen molar-refractivity contribution in [3.8, 4) is 0 Å². The zero-order chi connectivity index (χ0) is 10.7. The molecule has 0 aromatic heterocycles. The summed E-state index contributed by atoms with van der Waals surface area (Å²) in [6.07, 6.45) is 3.13. The summed E-state index contributed by atoms with van der Waals surface area (Å²) in [5.41, 5.74) is 2.11. The number of aryl methyl sites for hydroxylation is 1. The maximum Gasteiger partial charge on any atom is 0.150 e. The number of hydrogen-bond donors (Lipinski definition) is 0. The Morgan fingerprint density at radius 3 is 2.53 bits per heavy atom. The molecular formula is C14H14O. The summed E-state index contributed by atoms with van der Waals surface area (Å²) >= 11 is 0. The average Bonchev–Trinajstić information content (AvgIpc) is 2.29. The SMILES string of the molecule is CCCc1cccc2c(C=O)cccc12. The van der Waals surface area contributed by atoms with Crippen LogP contribution in [0.15, 0.2) is 36.4 Å². The fraction of sp³-hybridized carbons (Fsp3) is 0.214. The molecule has 0 spiro atoms. The van der Waals surface area contributed by atoms with Gasteiger partial charge in [-0.2, -0.15) is 0 Å². The first-order valence-corrected chi connectivity index (χ1v) is 5.32. The van der Waals surface area contributed by atoms with Crippen LogP contribution in [0.2, 0.25) is 0 Å². The quantitative estimate of drug-likeness (QED) is 0.688. The number of aldehydes is 1. The van der Waals surface area contributed by atoms with E-state index in [1.54, 1.807) is 0 Å². The van der Waals surface area contributed by atoms with E-state index in [0.717, 1.165) is 30.1 Å². The van der Waals surface area contributed by atoms with Gasteiger partial charge in [-0.1, -0.05) is 49.7 Å². The van der Waals surface area contributed by atoms with E-state index in [1.165, 1.54) is 10.9 Å². The Morgan fingerprint density at radius 1 is 1.07 bits per heavy atom. The monoisotopic (exact) mass is 198 g/mol. The predicted molar refractivity (Wildman–Crippen MR) is 63.3 cm³/mol. The Morgan fingerprint density at radius 2 is 1.80 bits per heavy atom. The number of rotatable bonds is 3. The summed E-state index contributed by atoms with van der Waals surface area (Å²) in [6.45, 7) is 2.17. The fourth-order valence-corrected chi connectivity index (χ4v) is 1.99. The Balaban J connectivity index is 2.70. The molecule has 0 heterocycles. The summed E-state index contributed by atoms with van der Waals surface area (Å²) in [7, 11) is 0. The van der Waals surface area contributed by atoms with E-state index in [-0.39, 0.29) is 0 Å². The molecule has 0 aliphatic rings. The van der Waals surface area contributed by atoms with Gasteiger partial charge in [0.25, 0.3) is 0 Å². The molecule has 1 heteroatoms. The molecule has 0 atom stereocenters. The lowest BCUT2D eigenvalue weighted by Crippen LogP contribution is -1.89. The van der Waals surface area contributed by atoms with E-state index >= 15 is 0 Å². The van der Waals surface area contributed by atoms with Gasteiger partial charge in [-0.25, -0.2) is 0 Å². The van der Waals surface area contributed by atoms with Crippen molar-refractivity contribution in [3.05, 3.63) is 47.5 Å². The summed E-state index contributed by atoms with van der Waals surface area (Å²) in [6, 6.07) is 12.1. The number of benzene rings is 2. The number of carbonyl (C=O) groups is 1. The highest BCUT2D eigenvalue weighted by molar-refractivity contribution is 5.99. The minimum Gasteiger partial charge on any atom is -0.298 e. The molecule has 2 aromatic rings. The number of hydrogen-bond acceptors (Lipinski definition) is 1. The Hall–Kier alpha value is -1.63. The van der Waals surface area contributed by atoms with E-state index in [4.69, 9.17) is 0 Å². The van der Waals surface area contributed by atoms with Gasteiger partial charge in [0, 0.05) is 5.56 Å². The zero-order valence-corrected chi connectivity index (χ0v) is 8.86. The second-order valence-corrected chi connectivity index (χ2v) is 3.73.